The fourth-order valence-electron chi connectivity index (χ4n) is 7.91. The first kappa shape index (κ1) is 39.2. The second kappa shape index (κ2) is 16.3. The zero-order valence-corrected chi connectivity index (χ0v) is 33.4. The third kappa shape index (κ3) is 7.42. The Morgan fingerprint density at radius 2 is 1.38 bits per heavy atom. The molecule has 0 spiro atoms. The molecule has 5 rings (SSSR count). The number of ether oxygens (including phenoxy) is 4. The number of nitrogens with zero attached hydrogens (tertiary/aromatic N) is 1. The molecule has 0 unspecified atom stereocenters. The summed E-state index contributed by atoms with van der Waals surface area (Å²) in [6, 6.07) is 26.1. The molecule has 3 aromatic carbocycles. The largest absolute Gasteiger partial charge is 0.497 e. The maximum absolute atomic E-state index is 13.3. The van der Waals surface area contributed by atoms with Gasteiger partial charge in [0.2, 0.25) is 0 Å². The molecule has 1 aliphatic rings. The zero-order valence-electron chi connectivity index (χ0n) is 32.0. The van der Waals surface area contributed by atoms with Crippen molar-refractivity contribution in [1.82, 2.24) is 14.9 Å². The van der Waals surface area contributed by atoms with Crippen LogP contribution in [0.4, 0.5) is 0 Å². The van der Waals surface area contributed by atoms with E-state index in [4.69, 9.17) is 23.4 Å². The summed E-state index contributed by atoms with van der Waals surface area (Å²) in [5.41, 5.74) is -0.513. The highest BCUT2D eigenvalue weighted by molar-refractivity contribution is 6.29. The topological polar surface area (TPSA) is 113 Å². The van der Waals surface area contributed by atoms with Crippen LogP contribution in [-0.2, 0) is 19.5 Å². The number of hydrogen-bond donors (Lipinski definition) is 2. The second-order valence-electron chi connectivity index (χ2n) is 14.8. The highest BCUT2D eigenvalue weighted by atomic mass is 28.2. The quantitative estimate of drug-likeness (QED) is 0.118. The fraction of sp³-hybridized carbons (Fsp3) is 0.463. The van der Waals surface area contributed by atoms with Gasteiger partial charge in [0.05, 0.1) is 26.4 Å². The van der Waals surface area contributed by atoms with E-state index in [0.717, 1.165) is 28.2 Å². The Labute approximate surface area is 309 Å². The lowest BCUT2D eigenvalue weighted by Gasteiger charge is -2.58. The summed E-state index contributed by atoms with van der Waals surface area (Å²) in [4.78, 5) is 28.2. The highest BCUT2D eigenvalue weighted by Crippen LogP contribution is 2.49. The molecule has 52 heavy (non-hydrogen) atoms. The Bertz CT molecular complexity index is 1820. The number of hydrogen-bond acceptors (Lipinski definition) is 8. The van der Waals surface area contributed by atoms with Gasteiger partial charge in [0.25, 0.3) is 5.56 Å². The molecule has 2 heterocycles. The van der Waals surface area contributed by atoms with E-state index in [2.05, 4.69) is 64.0 Å². The maximum atomic E-state index is 13.3. The van der Waals surface area contributed by atoms with E-state index >= 15 is 0 Å². The molecule has 10 nitrogen and oxygen atoms in total. The average molecular weight is 730 g/mol. The van der Waals surface area contributed by atoms with Crippen molar-refractivity contribution in [3.05, 3.63) is 128 Å². The number of aromatic amines is 1. The molecule has 1 saturated heterocycles. The Balaban J connectivity index is 1.77. The van der Waals surface area contributed by atoms with Gasteiger partial charge in [-0.2, -0.15) is 0 Å². The average Bonchev–Trinajstić information content (AvgIpc) is 3.14. The summed E-state index contributed by atoms with van der Waals surface area (Å²) in [6.45, 7) is 15.6. The summed E-state index contributed by atoms with van der Waals surface area (Å²) in [5, 5.41) is 3.62. The molecule has 4 aromatic rings. The zero-order chi connectivity index (χ0) is 37.7. The highest BCUT2D eigenvalue weighted by Gasteiger charge is 2.60. The minimum Gasteiger partial charge on any atom is -0.497 e. The van der Waals surface area contributed by atoms with Gasteiger partial charge in [-0.05, 0) is 65.3 Å². The van der Waals surface area contributed by atoms with E-state index in [0.29, 0.717) is 24.2 Å². The first-order valence-electron chi connectivity index (χ1n) is 18.2. The number of benzene rings is 3. The molecule has 1 fully saturated rings. The molecule has 0 bridgehead atoms. The maximum Gasteiger partial charge on any atom is 0.330 e. The van der Waals surface area contributed by atoms with Crippen LogP contribution in [0.25, 0.3) is 0 Å². The monoisotopic (exact) mass is 729 g/mol. The van der Waals surface area contributed by atoms with E-state index in [1.165, 1.54) is 4.57 Å². The molecule has 280 valence electrons. The lowest BCUT2D eigenvalue weighted by Crippen LogP contribution is -2.73. The van der Waals surface area contributed by atoms with Gasteiger partial charge in [0.1, 0.15) is 22.7 Å². The fourth-order valence-corrected chi connectivity index (χ4v) is 9.45. The number of morpholine rings is 1. The third-order valence-electron chi connectivity index (χ3n) is 10.3. The standard InChI is InChI=1S/C41H55N3O7Si/c1-27(2)41(28(3)4,51-52-29(5)6)39(25-42-23-36(50-39)44-24-30(7)37(45)43-38(44)46)26-49-40(31-13-11-10-12-14-31,32-15-19-34(47-8)20-16-32)33-17-21-35(48-9)22-18-33/h10-22,24,27-29,36,42H,23,25-26,52H2,1-9H3,(H,43,45,46)/t36-,39+/m1/s1. The van der Waals surface area contributed by atoms with Gasteiger partial charge in [-0.25, -0.2) is 4.79 Å². The number of H-pyrrole nitrogens is 1. The van der Waals surface area contributed by atoms with Crippen LogP contribution in [0.3, 0.4) is 0 Å². The summed E-state index contributed by atoms with van der Waals surface area (Å²) < 4.78 is 34.8. The van der Waals surface area contributed by atoms with Crippen LogP contribution in [0, 0.1) is 18.8 Å². The Kier molecular flexibility index (Phi) is 12.3. The van der Waals surface area contributed by atoms with Gasteiger partial charge in [-0.1, -0.05) is 96.1 Å². The SMILES string of the molecule is COc1ccc(C(OC[C@]2(C(O[SiH2]C(C)C)(C(C)C)C(C)C)CNC[C@H](n3cc(C)c(=O)[nH]c3=O)O2)(c2ccccc2)c2ccc(OC)cc2)cc1. The van der Waals surface area contributed by atoms with Gasteiger partial charge in [0.15, 0.2) is 16.0 Å². The molecule has 1 aliphatic heterocycles. The van der Waals surface area contributed by atoms with Crippen LogP contribution in [0.1, 0.15) is 70.0 Å². The molecular weight excluding hydrogens is 675 g/mol. The van der Waals surface area contributed by atoms with E-state index in [1.807, 2.05) is 66.7 Å². The molecule has 0 aliphatic carbocycles. The van der Waals surface area contributed by atoms with E-state index in [-0.39, 0.29) is 18.4 Å². The van der Waals surface area contributed by atoms with E-state index in [1.54, 1.807) is 27.3 Å². The van der Waals surface area contributed by atoms with Crippen LogP contribution in [-0.4, -0.2) is 64.4 Å². The number of methoxy groups -OCH3 is 2. The van der Waals surface area contributed by atoms with Crippen molar-refractivity contribution >= 4 is 9.76 Å². The predicted octanol–water partition coefficient (Wildman–Crippen LogP) is 5.71. The van der Waals surface area contributed by atoms with Crippen molar-refractivity contribution in [2.45, 2.75) is 77.0 Å². The lowest BCUT2D eigenvalue weighted by molar-refractivity contribution is -0.280. The molecule has 1 aromatic heterocycles. The van der Waals surface area contributed by atoms with Crippen molar-refractivity contribution in [3.63, 3.8) is 0 Å². The molecule has 2 atom stereocenters. The van der Waals surface area contributed by atoms with E-state index in [9.17, 15) is 9.59 Å². The van der Waals surface area contributed by atoms with Gasteiger partial charge in [-0.15, -0.1) is 0 Å². The molecule has 11 heteroatoms. The van der Waals surface area contributed by atoms with Crippen LogP contribution >= 0.6 is 0 Å². The van der Waals surface area contributed by atoms with Crippen LogP contribution < -0.4 is 26.0 Å². The van der Waals surface area contributed by atoms with Crippen molar-refractivity contribution in [1.29, 1.82) is 0 Å². The van der Waals surface area contributed by atoms with Gasteiger partial charge < -0.3 is 28.7 Å². The van der Waals surface area contributed by atoms with Gasteiger partial charge >= 0.3 is 5.69 Å². The Hall–Kier alpha value is -4.00. The minimum atomic E-state index is -1.12. The van der Waals surface area contributed by atoms with Crippen molar-refractivity contribution < 1.29 is 23.4 Å². The summed E-state index contributed by atoms with van der Waals surface area (Å²) in [5.74, 6) is 1.44. The van der Waals surface area contributed by atoms with Crippen molar-refractivity contribution in [2.75, 3.05) is 33.9 Å². The minimum absolute atomic E-state index is 0.00923. The van der Waals surface area contributed by atoms with E-state index < -0.39 is 44.0 Å². The van der Waals surface area contributed by atoms with Crippen molar-refractivity contribution in [2.24, 2.45) is 11.8 Å². The van der Waals surface area contributed by atoms with Crippen LogP contribution in [0.5, 0.6) is 11.5 Å². The number of rotatable bonds is 15. The molecule has 2 N–H and O–H groups in total. The van der Waals surface area contributed by atoms with Crippen LogP contribution in [0.2, 0.25) is 5.54 Å². The number of aromatic nitrogens is 2. The lowest BCUT2D eigenvalue weighted by atomic mass is 9.67. The van der Waals surface area contributed by atoms with Gasteiger partial charge in [-0.3, -0.25) is 14.3 Å². The first-order chi connectivity index (χ1) is 24.8. The molecule has 0 amide bonds. The second-order valence-corrected chi connectivity index (χ2v) is 17.0. The smallest absolute Gasteiger partial charge is 0.330 e. The molecular formula is C41H55N3O7Si. The molecule has 0 saturated carbocycles. The van der Waals surface area contributed by atoms with Gasteiger partial charge in [0, 0.05) is 24.8 Å². The van der Waals surface area contributed by atoms with Crippen LogP contribution in [0.15, 0.2) is 94.6 Å². The summed E-state index contributed by atoms with van der Waals surface area (Å²) in [6.07, 6.45) is 0.818. The first-order valence-corrected chi connectivity index (χ1v) is 19.6. The van der Waals surface area contributed by atoms with Crippen molar-refractivity contribution in [3.8, 4) is 11.5 Å². The normalized spacial score (nSPS) is 18.5. The third-order valence-corrected chi connectivity index (χ3v) is 11.6. The number of nitrogens with one attached hydrogen (secondary N) is 2. The summed E-state index contributed by atoms with van der Waals surface area (Å²) in [7, 11) is 2.26. The number of aryl methyl sites for hydroxylation is 1. The Morgan fingerprint density at radius 1 is 0.846 bits per heavy atom. The molecule has 0 radical (unpaired) electrons. The predicted molar refractivity (Wildman–Crippen MR) is 207 cm³/mol. The summed E-state index contributed by atoms with van der Waals surface area (Å²) >= 11 is 0. The Morgan fingerprint density at radius 3 is 1.88 bits per heavy atom.